The minimum atomic E-state index is -0.324. The third-order valence-corrected chi connectivity index (χ3v) is 7.22. The molecule has 0 unspecified atom stereocenters. The molecule has 0 saturated carbocycles. The van der Waals surface area contributed by atoms with Crippen LogP contribution in [0.15, 0.2) is 72.3 Å². The van der Waals surface area contributed by atoms with E-state index in [2.05, 4.69) is 38.7 Å². The number of H-pyrrole nitrogens is 1. The first-order valence-corrected chi connectivity index (χ1v) is 13.8. The maximum absolute atomic E-state index is 13.5. The lowest BCUT2D eigenvalue weighted by Crippen LogP contribution is -2.45. The van der Waals surface area contributed by atoms with Crippen molar-refractivity contribution < 1.29 is 23.7 Å². The summed E-state index contributed by atoms with van der Waals surface area (Å²) in [5.74, 6) is 1.09. The van der Waals surface area contributed by atoms with Crippen molar-refractivity contribution in [3.8, 4) is 5.75 Å². The molecule has 2 aliphatic heterocycles. The Morgan fingerprint density at radius 1 is 1.20 bits per heavy atom. The molecule has 0 aliphatic carbocycles. The van der Waals surface area contributed by atoms with Crippen LogP contribution in [-0.2, 0) is 19.0 Å². The summed E-state index contributed by atoms with van der Waals surface area (Å²) in [6.07, 6.45) is 5.20. The van der Waals surface area contributed by atoms with Crippen LogP contribution >= 0.6 is 0 Å². The quantitative estimate of drug-likeness (QED) is 0.194. The molecule has 0 radical (unpaired) electrons. The Kier molecular flexibility index (Phi) is 9.03. The number of Topliss-reactive ketones (excluding diaryl/α,β-unsaturated/α-hetero) is 1. The predicted octanol–water partition coefficient (Wildman–Crippen LogP) is 3.94. The number of ether oxygens (including phenoxy) is 4. The number of hydrogen-bond acceptors (Lipinski definition) is 9. The van der Waals surface area contributed by atoms with Crippen molar-refractivity contribution in [3.05, 3.63) is 83.4 Å². The summed E-state index contributed by atoms with van der Waals surface area (Å²) >= 11 is 0. The van der Waals surface area contributed by atoms with E-state index in [9.17, 15) is 4.79 Å². The second-order valence-corrected chi connectivity index (χ2v) is 10.1. The van der Waals surface area contributed by atoms with Crippen molar-refractivity contribution in [2.45, 2.75) is 6.92 Å². The molecule has 0 amide bonds. The minimum Gasteiger partial charge on any atom is -0.492 e. The average molecular weight is 560 g/mol. The molecule has 0 atom stereocenters. The van der Waals surface area contributed by atoms with Gasteiger partial charge in [-0.1, -0.05) is 6.58 Å². The highest BCUT2D eigenvalue weighted by Crippen LogP contribution is 2.34. The van der Waals surface area contributed by atoms with Gasteiger partial charge in [0.25, 0.3) is 0 Å². The van der Waals surface area contributed by atoms with Crippen molar-refractivity contribution in [1.82, 2.24) is 19.8 Å². The molecule has 10 nitrogen and oxygen atoms in total. The molecule has 216 valence electrons. The predicted molar refractivity (Wildman–Crippen MR) is 158 cm³/mol. The summed E-state index contributed by atoms with van der Waals surface area (Å²) in [5, 5.41) is 4.16. The maximum Gasteiger partial charge on any atom is 0.237 e. The van der Waals surface area contributed by atoms with E-state index >= 15 is 0 Å². The molecular weight excluding hydrogens is 522 g/mol. The second kappa shape index (κ2) is 13.0. The van der Waals surface area contributed by atoms with Crippen LogP contribution in [0.25, 0.3) is 17.1 Å². The number of methoxy groups -OCH3 is 1. The van der Waals surface area contributed by atoms with E-state index in [1.807, 2.05) is 37.3 Å². The third-order valence-electron chi connectivity index (χ3n) is 7.22. The van der Waals surface area contributed by atoms with Gasteiger partial charge in [-0.3, -0.25) is 9.69 Å². The van der Waals surface area contributed by atoms with Crippen LogP contribution < -0.4 is 10.1 Å². The largest absolute Gasteiger partial charge is 0.492 e. The molecule has 2 aliphatic rings. The fourth-order valence-electron chi connectivity index (χ4n) is 4.78. The molecule has 4 heterocycles. The van der Waals surface area contributed by atoms with Crippen molar-refractivity contribution in [2.75, 3.05) is 72.0 Å². The fraction of sp³-hybridized carbons (Fsp3) is 0.355. The zero-order valence-corrected chi connectivity index (χ0v) is 23.9. The van der Waals surface area contributed by atoms with Crippen molar-refractivity contribution in [2.24, 2.45) is 0 Å². The van der Waals surface area contributed by atoms with Gasteiger partial charge in [0.2, 0.25) is 11.7 Å². The number of hydrogen-bond donors (Lipinski definition) is 2. The minimum absolute atomic E-state index is 0.158. The molecule has 5 rings (SSSR count). The van der Waals surface area contributed by atoms with Gasteiger partial charge in [-0.25, -0.2) is 4.98 Å². The molecule has 0 bridgehead atoms. The standard InChI is InChI=1S/C31H37N5O5/c1-21-18-24(40-15-14-36-12-10-35(3)11-13-36)7-8-26(21)34-31-28(22(2)39-17-16-38-4)29(37)27(41-31)19-23-20-33-30-25(23)6-5-9-32-30/h5-9,18-20,34H,2,10-17H2,1,3-4H3,(H,32,33)/b27-19-. The molecule has 3 aromatic rings. The Hall–Kier alpha value is -4.12. The van der Waals surface area contributed by atoms with Gasteiger partial charge in [0.05, 0.1) is 6.61 Å². The summed E-state index contributed by atoms with van der Waals surface area (Å²) in [7, 11) is 3.74. The second-order valence-electron chi connectivity index (χ2n) is 10.1. The zero-order valence-electron chi connectivity index (χ0n) is 23.9. The van der Waals surface area contributed by atoms with Crippen LogP contribution in [-0.4, -0.2) is 92.3 Å². The number of piperazine rings is 1. The maximum atomic E-state index is 13.5. The van der Waals surface area contributed by atoms with Crippen LogP contribution in [0.5, 0.6) is 5.75 Å². The lowest BCUT2D eigenvalue weighted by atomic mass is 10.1. The Bertz CT molecular complexity index is 1470. The Balaban J connectivity index is 1.31. The molecular formula is C31H37N5O5. The number of aromatic amines is 1. The molecule has 2 aromatic heterocycles. The highest BCUT2D eigenvalue weighted by Gasteiger charge is 2.34. The highest BCUT2D eigenvalue weighted by molar-refractivity contribution is 6.15. The van der Waals surface area contributed by atoms with Gasteiger partial charge in [-0.15, -0.1) is 0 Å². The highest BCUT2D eigenvalue weighted by atomic mass is 16.5. The number of likely N-dealkylation sites (N-methyl/N-ethyl adjacent to an activating group) is 1. The number of nitrogens with zero attached hydrogens (tertiary/aromatic N) is 3. The number of nitrogens with one attached hydrogen (secondary N) is 2. The molecule has 41 heavy (non-hydrogen) atoms. The molecule has 2 N–H and O–H groups in total. The smallest absolute Gasteiger partial charge is 0.237 e. The number of fused-ring (bicyclic) bond motifs is 1. The monoisotopic (exact) mass is 559 g/mol. The number of carbonyl (C=O) groups is 1. The molecule has 1 aromatic carbocycles. The third kappa shape index (κ3) is 6.79. The summed E-state index contributed by atoms with van der Waals surface area (Å²) in [5.41, 5.74) is 3.47. The Morgan fingerprint density at radius 2 is 2.02 bits per heavy atom. The van der Waals surface area contributed by atoms with Gasteiger partial charge in [-0.2, -0.15) is 0 Å². The van der Waals surface area contributed by atoms with Gasteiger partial charge >= 0.3 is 0 Å². The number of benzene rings is 1. The number of pyridine rings is 1. The summed E-state index contributed by atoms with van der Waals surface area (Å²) in [4.78, 5) is 25.7. The van der Waals surface area contributed by atoms with E-state index in [4.69, 9.17) is 18.9 Å². The lowest BCUT2D eigenvalue weighted by Gasteiger charge is -2.32. The number of ketones is 1. The first-order chi connectivity index (χ1) is 19.9. The van der Waals surface area contributed by atoms with Crippen LogP contribution in [0.2, 0.25) is 0 Å². The van der Waals surface area contributed by atoms with E-state index in [1.165, 1.54) is 0 Å². The number of allylic oxidation sites excluding steroid dienone is 2. The van der Waals surface area contributed by atoms with Crippen molar-refractivity contribution >= 4 is 28.6 Å². The summed E-state index contributed by atoms with van der Waals surface area (Å²) < 4.78 is 22.9. The van der Waals surface area contributed by atoms with Gasteiger partial charge in [-0.05, 0) is 55.9 Å². The van der Waals surface area contributed by atoms with Crippen molar-refractivity contribution in [3.63, 3.8) is 0 Å². The van der Waals surface area contributed by atoms with Gasteiger partial charge in [0.1, 0.15) is 35.9 Å². The van der Waals surface area contributed by atoms with E-state index in [1.54, 1.807) is 25.6 Å². The lowest BCUT2D eigenvalue weighted by molar-refractivity contribution is -0.113. The number of anilines is 1. The van der Waals surface area contributed by atoms with Crippen molar-refractivity contribution in [1.29, 1.82) is 0 Å². The Labute approximate surface area is 240 Å². The SMILES string of the molecule is C=C(OCCOC)C1=C(Nc2ccc(OCCN3CCN(C)CC3)cc2C)O/C(=C\c2c[nH]c3ncccc23)C1=O. The average Bonchev–Trinajstić information content (AvgIpc) is 3.51. The topological polar surface area (TPSA) is 101 Å². The van der Waals surface area contributed by atoms with Crippen LogP contribution in [0.3, 0.4) is 0 Å². The van der Waals surface area contributed by atoms with Crippen LogP contribution in [0.1, 0.15) is 11.1 Å². The number of aromatic nitrogens is 2. The first kappa shape index (κ1) is 28.4. The first-order valence-electron chi connectivity index (χ1n) is 13.8. The number of rotatable bonds is 12. The molecule has 1 fully saturated rings. The summed E-state index contributed by atoms with van der Waals surface area (Å²) in [6, 6.07) is 9.59. The van der Waals surface area contributed by atoms with Crippen LogP contribution in [0, 0.1) is 6.92 Å². The summed E-state index contributed by atoms with van der Waals surface area (Å²) in [6.45, 7) is 12.4. The van der Waals surface area contributed by atoms with Gasteiger partial charge < -0.3 is 34.1 Å². The van der Waals surface area contributed by atoms with Crippen LogP contribution in [0.4, 0.5) is 5.69 Å². The molecule has 10 heteroatoms. The van der Waals surface area contributed by atoms with Gasteiger partial charge in [0.15, 0.2) is 5.76 Å². The van der Waals surface area contributed by atoms with E-state index in [0.29, 0.717) is 13.2 Å². The van der Waals surface area contributed by atoms with E-state index < -0.39 is 0 Å². The number of carbonyl (C=O) groups excluding carboxylic acids is 1. The number of aryl methyl sites for hydroxylation is 1. The Morgan fingerprint density at radius 3 is 2.80 bits per heavy atom. The molecule has 1 saturated heterocycles. The van der Waals surface area contributed by atoms with E-state index in [0.717, 1.165) is 66.3 Å². The van der Waals surface area contributed by atoms with Gasteiger partial charge in [0, 0.05) is 68.9 Å². The van der Waals surface area contributed by atoms with E-state index in [-0.39, 0.29) is 35.4 Å². The zero-order chi connectivity index (χ0) is 28.8. The fourth-order valence-corrected chi connectivity index (χ4v) is 4.78. The normalized spacial score (nSPS) is 17.3. The molecule has 0 spiro atoms.